The zero-order chi connectivity index (χ0) is 15.5. The van der Waals surface area contributed by atoms with E-state index in [2.05, 4.69) is 16.8 Å². The van der Waals surface area contributed by atoms with Gasteiger partial charge in [0.2, 0.25) is 5.88 Å². The van der Waals surface area contributed by atoms with Crippen LogP contribution in [0, 0.1) is 13.8 Å². The van der Waals surface area contributed by atoms with Crippen LogP contribution in [0.2, 0.25) is 0 Å². The minimum Gasteiger partial charge on any atom is -0.337 e. The Morgan fingerprint density at radius 1 is 1.24 bits per heavy atom. The minimum absolute atomic E-state index is 0.151. The summed E-state index contributed by atoms with van der Waals surface area (Å²) in [6.45, 7) is 5.57. The molecule has 1 N–H and O–H groups in total. The van der Waals surface area contributed by atoms with Crippen LogP contribution in [0.25, 0.3) is 6.08 Å². The molecule has 1 aromatic carbocycles. The molecule has 5 nitrogen and oxygen atoms in total. The van der Waals surface area contributed by atoms with E-state index in [-0.39, 0.29) is 5.88 Å². The second-order valence-electron chi connectivity index (χ2n) is 4.77. The van der Waals surface area contributed by atoms with Crippen molar-refractivity contribution in [2.24, 2.45) is 0 Å². The molecule has 0 atom stereocenters. The number of nitrogens with zero attached hydrogens (tertiary/aromatic N) is 1. The molecule has 0 fully saturated rings. The van der Waals surface area contributed by atoms with Gasteiger partial charge in [0.1, 0.15) is 0 Å². The van der Waals surface area contributed by atoms with E-state index in [1.165, 1.54) is 5.56 Å². The van der Waals surface area contributed by atoms with Gasteiger partial charge in [-0.1, -0.05) is 36.3 Å². The van der Waals surface area contributed by atoms with Crippen LogP contribution in [-0.2, 0) is 16.4 Å². The van der Waals surface area contributed by atoms with Crippen molar-refractivity contribution in [3.8, 4) is 0 Å². The standard InChI is InChI=1S/C15H18N2O3S/c1-4-13-5-7-14(8-6-13)9-10-21(18,19)17-15-11(2)12(3)16-20-15/h5-10,17H,4H2,1-3H3. The molecule has 0 bridgehead atoms. The molecule has 21 heavy (non-hydrogen) atoms. The first-order valence-electron chi connectivity index (χ1n) is 6.64. The van der Waals surface area contributed by atoms with E-state index < -0.39 is 10.0 Å². The lowest BCUT2D eigenvalue weighted by Gasteiger charge is -2.01. The van der Waals surface area contributed by atoms with Crippen molar-refractivity contribution in [3.05, 3.63) is 52.1 Å². The van der Waals surface area contributed by atoms with Crippen molar-refractivity contribution >= 4 is 22.0 Å². The molecule has 0 amide bonds. The lowest BCUT2D eigenvalue weighted by molar-refractivity contribution is 0.430. The van der Waals surface area contributed by atoms with Crippen LogP contribution in [0.3, 0.4) is 0 Å². The first kappa shape index (κ1) is 15.3. The topological polar surface area (TPSA) is 72.2 Å². The van der Waals surface area contributed by atoms with E-state index in [0.29, 0.717) is 11.3 Å². The number of aryl methyl sites for hydroxylation is 2. The summed E-state index contributed by atoms with van der Waals surface area (Å²) in [5.41, 5.74) is 3.37. The van der Waals surface area contributed by atoms with Gasteiger partial charge in [0.25, 0.3) is 10.0 Å². The van der Waals surface area contributed by atoms with E-state index in [4.69, 9.17) is 4.52 Å². The molecule has 2 rings (SSSR count). The van der Waals surface area contributed by atoms with E-state index >= 15 is 0 Å². The maximum absolute atomic E-state index is 12.0. The highest BCUT2D eigenvalue weighted by molar-refractivity contribution is 7.95. The van der Waals surface area contributed by atoms with Gasteiger partial charge in [-0.25, -0.2) is 13.1 Å². The maximum Gasteiger partial charge on any atom is 0.257 e. The van der Waals surface area contributed by atoms with Gasteiger partial charge >= 0.3 is 0 Å². The van der Waals surface area contributed by atoms with Gasteiger partial charge in [-0.2, -0.15) is 0 Å². The summed E-state index contributed by atoms with van der Waals surface area (Å²) in [5, 5.41) is 4.83. The second-order valence-corrected chi connectivity index (χ2v) is 6.33. The molecule has 0 radical (unpaired) electrons. The lowest BCUT2D eigenvalue weighted by atomic mass is 10.1. The third-order valence-electron chi connectivity index (χ3n) is 3.22. The zero-order valence-electron chi connectivity index (χ0n) is 12.3. The number of hydrogen-bond donors (Lipinski definition) is 1. The molecule has 0 spiro atoms. The molecule has 0 saturated heterocycles. The Kier molecular flexibility index (Phi) is 4.47. The predicted molar refractivity (Wildman–Crippen MR) is 83.4 cm³/mol. The molecule has 0 aliphatic carbocycles. The molecule has 0 unspecified atom stereocenters. The van der Waals surface area contributed by atoms with Crippen molar-refractivity contribution in [2.75, 3.05) is 4.72 Å². The highest BCUT2D eigenvalue weighted by Gasteiger charge is 2.13. The SMILES string of the molecule is CCc1ccc(C=CS(=O)(=O)Nc2onc(C)c2C)cc1. The van der Waals surface area contributed by atoms with E-state index in [1.807, 2.05) is 24.3 Å². The number of benzene rings is 1. The van der Waals surface area contributed by atoms with Crippen LogP contribution < -0.4 is 4.72 Å². The fourth-order valence-corrected chi connectivity index (χ4v) is 2.56. The molecule has 112 valence electrons. The average molecular weight is 306 g/mol. The van der Waals surface area contributed by atoms with Crippen LogP contribution >= 0.6 is 0 Å². The molecule has 1 heterocycles. The fraction of sp³-hybridized carbons (Fsp3) is 0.267. The van der Waals surface area contributed by atoms with Gasteiger partial charge in [0, 0.05) is 5.56 Å². The van der Waals surface area contributed by atoms with Crippen molar-refractivity contribution < 1.29 is 12.9 Å². The Hall–Kier alpha value is -2.08. The van der Waals surface area contributed by atoms with Gasteiger partial charge in [0.05, 0.1) is 11.1 Å². The molecular formula is C15H18N2O3S. The predicted octanol–water partition coefficient (Wildman–Crippen LogP) is 3.27. The van der Waals surface area contributed by atoms with Crippen molar-refractivity contribution in [1.29, 1.82) is 0 Å². The number of sulfonamides is 1. The Morgan fingerprint density at radius 3 is 2.43 bits per heavy atom. The number of nitrogens with one attached hydrogen (secondary N) is 1. The number of hydrogen-bond acceptors (Lipinski definition) is 4. The average Bonchev–Trinajstić information content (AvgIpc) is 2.77. The highest BCUT2D eigenvalue weighted by Crippen LogP contribution is 2.19. The highest BCUT2D eigenvalue weighted by atomic mass is 32.2. The number of anilines is 1. The molecule has 0 aliphatic heterocycles. The number of aromatic nitrogens is 1. The van der Waals surface area contributed by atoms with Gasteiger partial charge in [0.15, 0.2) is 0 Å². The first-order chi connectivity index (χ1) is 9.91. The normalized spacial score (nSPS) is 12.0. The third-order valence-corrected chi connectivity index (χ3v) is 4.18. The van der Waals surface area contributed by atoms with Crippen LogP contribution in [0.4, 0.5) is 5.88 Å². The lowest BCUT2D eigenvalue weighted by Crippen LogP contribution is -2.09. The van der Waals surface area contributed by atoms with Crippen molar-refractivity contribution in [1.82, 2.24) is 5.16 Å². The van der Waals surface area contributed by atoms with E-state index in [1.54, 1.807) is 19.9 Å². The van der Waals surface area contributed by atoms with Crippen LogP contribution in [0.1, 0.15) is 29.3 Å². The first-order valence-corrected chi connectivity index (χ1v) is 8.18. The Balaban J connectivity index is 2.12. The van der Waals surface area contributed by atoms with Crippen LogP contribution in [-0.4, -0.2) is 13.6 Å². The van der Waals surface area contributed by atoms with Crippen LogP contribution in [0.5, 0.6) is 0 Å². The second kappa shape index (κ2) is 6.13. The van der Waals surface area contributed by atoms with E-state index in [9.17, 15) is 8.42 Å². The Labute approximate surface area is 124 Å². The Morgan fingerprint density at radius 2 is 1.90 bits per heavy atom. The number of rotatable bonds is 5. The van der Waals surface area contributed by atoms with E-state index in [0.717, 1.165) is 17.4 Å². The van der Waals surface area contributed by atoms with Crippen molar-refractivity contribution in [3.63, 3.8) is 0 Å². The largest absolute Gasteiger partial charge is 0.337 e. The smallest absolute Gasteiger partial charge is 0.257 e. The quantitative estimate of drug-likeness (QED) is 0.920. The summed E-state index contributed by atoms with van der Waals surface area (Å²) in [6.07, 6.45) is 2.49. The molecule has 1 aromatic heterocycles. The summed E-state index contributed by atoms with van der Waals surface area (Å²) >= 11 is 0. The van der Waals surface area contributed by atoms with Crippen molar-refractivity contribution in [2.45, 2.75) is 27.2 Å². The molecular weight excluding hydrogens is 288 g/mol. The van der Waals surface area contributed by atoms with Gasteiger partial charge < -0.3 is 4.52 Å². The summed E-state index contributed by atoms with van der Waals surface area (Å²) in [7, 11) is -3.62. The maximum atomic E-state index is 12.0. The summed E-state index contributed by atoms with van der Waals surface area (Å²) in [5.74, 6) is 0.151. The summed E-state index contributed by atoms with van der Waals surface area (Å²) < 4.78 is 31.2. The van der Waals surface area contributed by atoms with Gasteiger partial charge in [-0.05, 0) is 37.5 Å². The summed E-state index contributed by atoms with van der Waals surface area (Å²) in [6, 6.07) is 7.72. The molecule has 0 saturated carbocycles. The summed E-state index contributed by atoms with van der Waals surface area (Å²) in [4.78, 5) is 0. The van der Waals surface area contributed by atoms with Crippen LogP contribution in [0.15, 0.2) is 34.2 Å². The minimum atomic E-state index is -3.62. The molecule has 0 aliphatic rings. The fourth-order valence-electron chi connectivity index (χ4n) is 1.71. The third kappa shape index (κ3) is 3.95. The molecule has 6 heteroatoms. The zero-order valence-corrected chi connectivity index (χ0v) is 13.1. The Bertz CT molecular complexity index is 744. The van der Waals surface area contributed by atoms with Gasteiger partial charge in [-0.3, -0.25) is 0 Å². The van der Waals surface area contributed by atoms with Gasteiger partial charge in [-0.15, -0.1) is 0 Å². The molecule has 2 aromatic rings. The monoisotopic (exact) mass is 306 g/mol.